The standard InChI is InChI=1S/C25H30N4O2/c1-19(30)27-24(16-21-17-26-23-11-6-5-10-22(21)23)25(31)29-13-7-12-28(14-15-29)18-20-8-3-2-4-9-20/h2-6,8-11,17,24,26H,7,12-16,18H2,1H3,(H,27,30). The van der Waals surface area contributed by atoms with Crippen LogP contribution in [0.15, 0.2) is 60.8 Å². The molecule has 6 heteroatoms. The van der Waals surface area contributed by atoms with Crippen molar-refractivity contribution in [1.82, 2.24) is 20.1 Å². The number of nitrogens with zero attached hydrogens (tertiary/aromatic N) is 2. The molecule has 1 saturated heterocycles. The Kier molecular flexibility index (Phi) is 6.67. The van der Waals surface area contributed by atoms with E-state index in [0.29, 0.717) is 19.5 Å². The van der Waals surface area contributed by atoms with Gasteiger partial charge < -0.3 is 15.2 Å². The molecule has 31 heavy (non-hydrogen) atoms. The molecular weight excluding hydrogens is 388 g/mol. The summed E-state index contributed by atoms with van der Waals surface area (Å²) in [6, 6.07) is 17.9. The second kappa shape index (κ2) is 9.79. The number of benzene rings is 2. The predicted octanol–water partition coefficient (Wildman–Crippen LogP) is 2.95. The SMILES string of the molecule is CC(=O)NC(Cc1c[nH]c2ccccc12)C(=O)N1CCCN(Cc2ccccc2)CC1. The summed E-state index contributed by atoms with van der Waals surface area (Å²) in [5.74, 6) is -0.180. The molecule has 2 aromatic carbocycles. The van der Waals surface area contributed by atoms with Crippen LogP contribution in [0.3, 0.4) is 0 Å². The van der Waals surface area contributed by atoms with Gasteiger partial charge in [-0.3, -0.25) is 14.5 Å². The molecule has 162 valence electrons. The molecule has 1 fully saturated rings. The molecule has 2 heterocycles. The minimum atomic E-state index is -0.558. The van der Waals surface area contributed by atoms with Crippen LogP contribution in [0.4, 0.5) is 0 Å². The van der Waals surface area contributed by atoms with Gasteiger partial charge in [0.05, 0.1) is 0 Å². The average Bonchev–Trinajstić information content (AvgIpc) is 3.03. The summed E-state index contributed by atoms with van der Waals surface area (Å²) in [6.07, 6.45) is 3.35. The van der Waals surface area contributed by atoms with Gasteiger partial charge >= 0.3 is 0 Å². The lowest BCUT2D eigenvalue weighted by Gasteiger charge is -2.27. The highest BCUT2D eigenvalue weighted by Crippen LogP contribution is 2.20. The molecule has 6 nitrogen and oxygen atoms in total. The Hall–Kier alpha value is -3.12. The lowest BCUT2D eigenvalue weighted by molar-refractivity contribution is -0.136. The van der Waals surface area contributed by atoms with Crippen molar-refractivity contribution in [2.45, 2.75) is 32.4 Å². The van der Waals surface area contributed by atoms with Gasteiger partial charge in [-0.2, -0.15) is 0 Å². The van der Waals surface area contributed by atoms with Crippen LogP contribution >= 0.6 is 0 Å². The Morgan fingerprint density at radius 3 is 2.58 bits per heavy atom. The minimum absolute atomic E-state index is 0.00189. The van der Waals surface area contributed by atoms with E-state index in [0.717, 1.165) is 42.5 Å². The molecular formula is C25H30N4O2. The number of carbonyl (C=O) groups excluding carboxylic acids is 2. The van der Waals surface area contributed by atoms with Crippen LogP contribution in [0.2, 0.25) is 0 Å². The molecule has 4 rings (SSSR count). The van der Waals surface area contributed by atoms with E-state index >= 15 is 0 Å². The summed E-state index contributed by atoms with van der Waals surface area (Å²) in [7, 11) is 0. The quantitative estimate of drug-likeness (QED) is 0.647. The van der Waals surface area contributed by atoms with Crippen LogP contribution in [-0.2, 0) is 22.6 Å². The highest BCUT2D eigenvalue weighted by molar-refractivity contribution is 5.89. The topological polar surface area (TPSA) is 68.4 Å². The van der Waals surface area contributed by atoms with E-state index in [-0.39, 0.29) is 11.8 Å². The number of hydrogen-bond acceptors (Lipinski definition) is 3. The Labute approximate surface area is 183 Å². The van der Waals surface area contributed by atoms with Crippen molar-refractivity contribution < 1.29 is 9.59 Å². The maximum Gasteiger partial charge on any atom is 0.245 e. The lowest BCUT2D eigenvalue weighted by atomic mass is 10.0. The number of para-hydroxylation sites is 1. The molecule has 1 unspecified atom stereocenters. The van der Waals surface area contributed by atoms with Gasteiger partial charge in [-0.25, -0.2) is 0 Å². The minimum Gasteiger partial charge on any atom is -0.361 e. The molecule has 0 aliphatic carbocycles. The Morgan fingerprint density at radius 1 is 1.00 bits per heavy atom. The summed E-state index contributed by atoms with van der Waals surface area (Å²) in [5, 5.41) is 3.99. The van der Waals surface area contributed by atoms with Gasteiger partial charge in [0.2, 0.25) is 11.8 Å². The second-order valence-electron chi connectivity index (χ2n) is 8.26. The molecule has 2 amide bonds. The summed E-state index contributed by atoms with van der Waals surface area (Å²) < 4.78 is 0. The molecule has 0 saturated carbocycles. The molecule has 0 spiro atoms. The fourth-order valence-corrected chi connectivity index (χ4v) is 4.38. The Morgan fingerprint density at radius 2 is 1.77 bits per heavy atom. The zero-order chi connectivity index (χ0) is 21.6. The number of rotatable bonds is 6. The van der Waals surface area contributed by atoms with E-state index in [9.17, 15) is 9.59 Å². The van der Waals surface area contributed by atoms with E-state index in [1.807, 2.05) is 41.4 Å². The van der Waals surface area contributed by atoms with Gasteiger partial charge in [0.1, 0.15) is 6.04 Å². The van der Waals surface area contributed by atoms with Gasteiger partial charge in [0, 0.05) is 63.2 Å². The van der Waals surface area contributed by atoms with Crippen LogP contribution < -0.4 is 5.32 Å². The van der Waals surface area contributed by atoms with E-state index in [4.69, 9.17) is 0 Å². The normalized spacial score (nSPS) is 16.1. The van der Waals surface area contributed by atoms with Crippen LogP contribution in [0, 0.1) is 0 Å². The number of aromatic nitrogens is 1. The number of nitrogens with one attached hydrogen (secondary N) is 2. The third-order valence-corrected chi connectivity index (χ3v) is 5.92. The van der Waals surface area contributed by atoms with Crippen LogP contribution in [0.25, 0.3) is 10.9 Å². The van der Waals surface area contributed by atoms with Crippen molar-refractivity contribution in [1.29, 1.82) is 0 Å². The predicted molar refractivity (Wildman–Crippen MR) is 123 cm³/mol. The van der Waals surface area contributed by atoms with Crippen molar-refractivity contribution in [3.8, 4) is 0 Å². The molecule has 3 aromatic rings. The third kappa shape index (κ3) is 5.33. The first-order valence-electron chi connectivity index (χ1n) is 11.0. The molecule has 1 aliphatic rings. The van der Waals surface area contributed by atoms with Gasteiger partial charge in [-0.05, 0) is 23.6 Å². The second-order valence-corrected chi connectivity index (χ2v) is 8.26. The number of fused-ring (bicyclic) bond motifs is 1. The maximum atomic E-state index is 13.4. The molecule has 1 atom stereocenters. The van der Waals surface area contributed by atoms with Gasteiger partial charge in [0.15, 0.2) is 0 Å². The summed E-state index contributed by atoms with van der Waals surface area (Å²) in [5.41, 5.74) is 3.37. The van der Waals surface area contributed by atoms with Crippen LogP contribution in [-0.4, -0.2) is 58.8 Å². The zero-order valence-electron chi connectivity index (χ0n) is 18.0. The first kappa shape index (κ1) is 21.1. The maximum absolute atomic E-state index is 13.4. The highest BCUT2D eigenvalue weighted by Gasteiger charge is 2.28. The van der Waals surface area contributed by atoms with Gasteiger partial charge in [0.25, 0.3) is 0 Å². The molecule has 0 radical (unpaired) electrons. The first-order valence-corrected chi connectivity index (χ1v) is 11.0. The van der Waals surface area contributed by atoms with Gasteiger partial charge in [-0.1, -0.05) is 48.5 Å². The fraction of sp³-hybridized carbons (Fsp3) is 0.360. The summed E-state index contributed by atoms with van der Waals surface area (Å²) in [6.45, 7) is 5.56. The molecule has 0 bridgehead atoms. The Balaban J connectivity index is 1.43. The fourth-order valence-electron chi connectivity index (χ4n) is 4.38. The first-order chi connectivity index (χ1) is 15.1. The van der Waals surface area contributed by atoms with E-state index in [1.54, 1.807) is 0 Å². The smallest absolute Gasteiger partial charge is 0.245 e. The number of amides is 2. The molecule has 2 N–H and O–H groups in total. The largest absolute Gasteiger partial charge is 0.361 e. The third-order valence-electron chi connectivity index (χ3n) is 5.92. The van der Waals surface area contributed by atoms with E-state index in [2.05, 4.69) is 39.5 Å². The highest BCUT2D eigenvalue weighted by atomic mass is 16.2. The van der Waals surface area contributed by atoms with Gasteiger partial charge in [-0.15, -0.1) is 0 Å². The van der Waals surface area contributed by atoms with Crippen molar-refractivity contribution in [3.05, 3.63) is 71.9 Å². The summed E-state index contributed by atoms with van der Waals surface area (Å²) in [4.78, 5) is 32.8. The van der Waals surface area contributed by atoms with Crippen molar-refractivity contribution in [2.75, 3.05) is 26.2 Å². The van der Waals surface area contributed by atoms with Crippen LogP contribution in [0.1, 0.15) is 24.5 Å². The number of H-pyrrole nitrogens is 1. The van der Waals surface area contributed by atoms with Crippen molar-refractivity contribution in [2.24, 2.45) is 0 Å². The average molecular weight is 419 g/mol. The Bertz CT molecular complexity index is 1030. The monoisotopic (exact) mass is 418 g/mol. The molecule has 1 aromatic heterocycles. The molecule has 1 aliphatic heterocycles. The number of hydrogen-bond donors (Lipinski definition) is 2. The number of carbonyl (C=O) groups is 2. The van der Waals surface area contributed by atoms with Crippen LogP contribution in [0.5, 0.6) is 0 Å². The zero-order valence-corrected chi connectivity index (χ0v) is 18.0. The number of aromatic amines is 1. The summed E-state index contributed by atoms with van der Waals surface area (Å²) >= 11 is 0. The lowest BCUT2D eigenvalue weighted by Crippen LogP contribution is -2.50. The van der Waals surface area contributed by atoms with Crippen molar-refractivity contribution in [3.63, 3.8) is 0 Å². The van der Waals surface area contributed by atoms with Crippen molar-refractivity contribution >= 4 is 22.7 Å². The van der Waals surface area contributed by atoms with E-state index < -0.39 is 6.04 Å². The van der Waals surface area contributed by atoms with E-state index in [1.165, 1.54) is 12.5 Å².